The van der Waals surface area contributed by atoms with E-state index in [4.69, 9.17) is 4.52 Å². The van der Waals surface area contributed by atoms with Crippen molar-refractivity contribution in [1.82, 2.24) is 15.0 Å². The highest BCUT2D eigenvalue weighted by molar-refractivity contribution is 5.94. The van der Waals surface area contributed by atoms with Crippen LogP contribution in [0.2, 0.25) is 0 Å². The normalized spacial score (nSPS) is 14.8. The predicted octanol–water partition coefficient (Wildman–Crippen LogP) is 7.54. The van der Waals surface area contributed by atoms with E-state index in [1.807, 2.05) is 25.1 Å². The van der Waals surface area contributed by atoms with Crippen molar-refractivity contribution in [2.24, 2.45) is 5.92 Å². The quantitative estimate of drug-likeness (QED) is 0.234. The van der Waals surface area contributed by atoms with Gasteiger partial charge in [0.25, 0.3) is 5.91 Å². The van der Waals surface area contributed by atoms with E-state index in [1.165, 1.54) is 31.2 Å². The van der Waals surface area contributed by atoms with E-state index >= 15 is 0 Å². The van der Waals surface area contributed by atoms with Gasteiger partial charge in [-0.05, 0) is 74.8 Å². The number of hydrogen-bond donors (Lipinski definition) is 0. The number of piperidine rings is 1. The number of amides is 1. The molecular weight excluding hydrogens is 470 g/mol. The highest BCUT2D eigenvalue weighted by Gasteiger charge is 2.29. The van der Waals surface area contributed by atoms with Gasteiger partial charge in [0.1, 0.15) is 0 Å². The lowest BCUT2D eigenvalue weighted by Crippen LogP contribution is -2.47. The Balaban J connectivity index is 1.48. The predicted molar refractivity (Wildman–Crippen MR) is 155 cm³/mol. The van der Waals surface area contributed by atoms with E-state index in [9.17, 15) is 4.79 Å². The fraction of sp³-hybridized carbons (Fsp3) is 0.515. The Bertz CT molecular complexity index is 1130. The zero-order chi connectivity index (χ0) is 26.9. The number of benzene rings is 2. The minimum Gasteiger partial charge on any atom is -0.356 e. The summed E-state index contributed by atoms with van der Waals surface area (Å²) in [7, 11) is 0. The van der Waals surface area contributed by atoms with Gasteiger partial charge in [-0.15, -0.1) is 0 Å². The van der Waals surface area contributed by atoms with Gasteiger partial charge in [0.05, 0.1) is 5.69 Å². The second kappa shape index (κ2) is 13.7. The summed E-state index contributed by atoms with van der Waals surface area (Å²) in [5.41, 5.74) is 5.12. The van der Waals surface area contributed by atoms with Gasteiger partial charge in [-0.2, -0.15) is 0 Å². The molecular formula is C33H45N3O2. The maximum absolute atomic E-state index is 13.9. The van der Waals surface area contributed by atoms with E-state index in [2.05, 4.69) is 72.1 Å². The third-order valence-electron chi connectivity index (χ3n) is 7.77. The second-order valence-corrected chi connectivity index (χ2v) is 11.4. The highest BCUT2D eigenvalue weighted by atomic mass is 16.5. The Morgan fingerprint density at radius 3 is 2.32 bits per heavy atom. The summed E-state index contributed by atoms with van der Waals surface area (Å²) in [6.45, 7) is 12.6. The molecule has 0 N–H and O–H groups in total. The van der Waals surface area contributed by atoms with Crippen LogP contribution in [0.5, 0.6) is 0 Å². The molecule has 1 aliphatic rings. The van der Waals surface area contributed by atoms with E-state index in [0.717, 1.165) is 73.0 Å². The van der Waals surface area contributed by atoms with E-state index in [-0.39, 0.29) is 11.9 Å². The standard InChI is InChI=1S/C33H45N3O2/c1-5-6-7-8-27-9-15-30(16-10-27)33(37)36(31-18-21-35(22-19-31)20-17-25(2)3)24-28-11-13-29(14-12-28)32-23-26(4)34-38-32/h9-16,23,25,31H,5-8,17-22,24H2,1-4H3. The molecule has 0 unspecified atom stereocenters. The molecule has 2 aromatic carbocycles. The number of rotatable bonds is 12. The summed E-state index contributed by atoms with van der Waals surface area (Å²) in [4.78, 5) is 18.6. The number of nitrogens with zero attached hydrogens (tertiary/aromatic N) is 3. The van der Waals surface area contributed by atoms with Crippen LogP contribution in [-0.2, 0) is 13.0 Å². The number of carbonyl (C=O) groups excluding carboxylic acids is 1. The summed E-state index contributed by atoms with van der Waals surface area (Å²) in [6.07, 6.45) is 8.03. The summed E-state index contributed by atoms with van der Waals surface area (Å²) in [5, 5.41) is 4.01. The van der Waals surface area contributed by atoms with Crippen LogP contribution in [0.25, 0.3) is 11.3 Å². The highest BCUT2D eigenvalue weighted by Crippen LogP contribution is 2.25. The Morgan fingerprint density at radius 1 is 1.03 bits per heavy atom. The van der Waals surface area contributed by atoms with Crippen molar-refractivity contribution in [2.45, 2.75) is 85.2 Å². The Kier molecular flexibility index (Phi) is 10.2. The first-order chi connectivity index (χ1) is 18.4. The van der Waals surface area contributed by atoms with Gasteiger partial charge in [0.2, 0.25) is 0 Å². The molecule has 1 fully saturated rings. The van der Waals surface area contributed by atoms with Gasteiger partial charge in [-0.25, -0.2) is 0 Å². The van der Waals surface area contributed by atoms with Crippen LogP contribution in [0.15, 0.2) is 59.1 Å². The minimum absolute atomic E-state index is 0.140. The monoisotopic (exact) mass is 515 g/mol. The van der Waals surface area contributed by atoms with E-state index in [1.54, 1.807) is 0 Å². The van der Waals surface area contributed by atoms with Gasteiger partial charge in [0.15, 0.2) is 5.76 Å². The smallest absolute Gasteiger partial charge is 0.254 e. The van der Waals surface area contributed by atoms with Gasteiger partial charge in [-0.1, -0.05) is 75.2 Å². The maximum Gasteiger partial charge on any atom is 0.254 e. The molecule has 1 saturated heterocycles. The molecule has 0 aliphatic carbocycles. The van der Waals surface area contributed by atoms with Gasteiger partial charge in [0, 0.05) is 42.9 Å². The number of likely N-dealkylation sites (tertiary alicyclic amines) is 1. The summed E-state index contributed by atoms with van der Waals surface area (Å²) >= 11 is 0. The Labute approximate surface area is 229 Å². The van der Waals surface area contributed by atoms with Gasteiger partial charge < -0.3 is 14.3 Å². The summed E-state index contributed by atoms with van der Waals surface area (Å²) in [5.74, 6) is 1.63. The summed E-state index contributed by atoms with van der Waals surface area (Å²) < 4.78 is 5.43. The molecule has 0 bridgehead atoms. The molecule has 4 rings (SSSR count). The number of unbranched alkanes of at least 4 members (excludes halogenated alkanes) is 2. The van der Waals surface area contributed by atoms with Crippen LogP contribution in [0, 0.1) is 12.8 Å². The Hall–Kier alpha value is -2.92. The number of aryl methyl sites for hydroxylation is 2. The van der Waals surface area contributed by atoms with Crippen LogP contribution >= 0.6 is 0 Å². The molecule has 1 amide bonds. The molecule has 1 aromatic heterocycles. The number of carbonyl (C=O) groups is 1. The van der Waals surface area contributed by atoms with Crippen molar-refractivity contribution >= 4 is 5.91 Å². The lowest BCUT2D eigenvalue weighted by Gasteiger charge is -2.39. The maximum atomic E-state index is 13.9. The van der Waals surface area contributed by atoms with Crippen LogP contribution in [0.1, 0.15) is 86.5 Å². The first-order valence-corrected chi connectivity index (χ1v) is 14.6. The molecule has 5 nitrogen and oxygen atoms in total. The van der Waals surface area contributed by atoms with Crippen LogP contribution in [-0.4, -0.2) is 46.5 Å². The van der Waals surface area contributed by atoms with Crippen LogP contribution in [0.4, 0.5) is 0 Å². The molecule has 1 aliphatic heterocycles. The minimum atomic E-state index is 0.140. The molecule has 0 radical (unpaired) electrons. The first kappa shape index (κ1) is 28.1. The third-order valence-corrected chi connectivity index (χ3v) is 7.77. The van der Waals surface area contributed by atoms with Gasteiger partial charge >= 0.3 is 0 Å². The number of aromatic nitrogens is 1. The van der Waals surface area contributed by atoms with Crippen molar-refractivity contribution in [2.75, 3.05) is 19.6 Å². The molecule has 5 heteroatoms. The molecule has 204 valence electrons. The van der Waals surface area contributed by atoms with E-state index in [0.29, 0.717) is 6.54 Å². The zero-order valence-corrected chi connectivity index (χ0v) is 23.8. The van der Waals surface area contributed by atoms with E-state index < -0.39 is 0 Å². The average molecular weight is 516 g/mol. The van der Waals surface area contributed by atoms with Crippen LogP contribution in [0.3, 0.4) is 0 Å². The van der Waals surface area contributed by atoms with Crippen LogP contribution < -0.4 is 0 Å². The fourth-order valence-corrected chi connectivity index (χ4v) is 5.29. The second-order valence-electron chi connectivity index (χ2n) is 11.4. The topological polar surface area (TPSA) is 49.6 Å². The van der Waals surface area contributed by atoms with Crippen molar-refractivity contribution < 1.29 is 9.32 Å². The lowest BCUT2D eigenvalue weighted by atomic mass is 9.99. The molecule has 0 atom stereocenters. The molecule has 0 spiro atoms. The number of hydrogen-bond acceptors (Lipinski definition) is 4. The first-order valence-electron chi connectivity index (χ1n) is 14.6. The molecule has 0 saturated carbocycles. The average Bonchev–Trinajstić information content (AvgIpc) is 3.37. The van der Waals surface area contributed by atoms with Crippen molar-refractivity contribution in [3.63, 3.8) is 0 Å². The fourth-order valence-electron chi connectivity index (χ4n) is 5.29. The summed E-state index contributed by atoms with van der Waals surface area (Å²) in [6, 6.07) is 18.9. The van der Waals surface area contributed by atoms with Crippen molar-refractivity contribution in [3.8, 4) is 11.3 Å². The third kappa shape index (κ3) is 7.80. The zero-order valence-electron chi connectivity index (χ0n) is 23.8. The SMILES string of the molecule is CCCCCc1ccc(C(=O)N(Cc2ccc(-c3cc(C)no3)cc2)C2CCN(CCC(C)C)CC2)cc1. The van der Waals surface area contributed by atoms with Gasteiger partial charge in [-0.3, -0.25) is 4.79 Å². The largest absolute Gasteiger partial charge is 0.356 e. The molecule has 2 heterocycles. The molecule has 3 aromatic rings. The Morgan fingerprint density at radius 2 is 1.71 bits per heavy atom. The molecule has 38 heavy (non-hydrogen) atoms. The van der Waals surface area contributed by atoms with Crippen molar-refractivity contribution in [1.29, 1.82) is 0 Å². The van der Waals surface area contributed by atoms with Crippen molar-refractivity contribution in [3.05, 3.63) is 77.0 Å². The lowest BCUT2D eigenvalue weighted by molar-refractivity contribution is 0.0546.